The van der Waals surface area contributed by atoms with Crippen LogP contribution in [0.15, 0.2) is 24.3 Å². The van der Waals surface area contributed by atoms with Crippen molar-refractivity contribution in [3.8, 4) is 0 Å². The molecule has 5 heteroatoms. The molecule has 0 radical (unpaired) electrons. The number of ketones is 1. The average molecular weight is 292 g/mol. The van der Waals surface area contributed by atoms with E-state index in [1.54, 1.807) is 13.0 Å². The molecule has 0 saturated heterocycles. The number of halogens is 1. The molecule has 1 aromatic carbocycles. The van der Waals surface area contributed by atoms with Gasteiger partial charge >= 0.3 is 0 Å². The van der Waals surface area contributed by atoms with Crippen LogP contribution in [0.5, 0.6) is 0 Å². The summed E-state index contributed by atoms with van der Waals surface area (Å²) >= 11 is 0. The third-order valence-corrected chi connectivity index (χ3v) is 3.84. The normalized spacial score (nSPS) is 17.1. The Bertz CT molecular complexity index is 529. The summed E-state index contributed by atoms with van der Waals surface area (Å²) < 4.78 is 13.1. The highest BCUT2D eigenvalue weighted by molar-refractivity contribution is 5.99. The first-order valence-electron chi connectivity index (χ1n) is 7.30. The van der Waals surface area contributed by atoms with Crippen LogP contribution in [0.3, 0.4) is 0 Å². The summed E-state index contributed by atoms with van der Waals surface area (Å²) in [5, 5.41) is 2.89. The van der Waals surface area contributed by atoms with E-state index in [2.05, 4.69) is 5.32 Å². The van der Waals surface area contributed by atoms with E-state index in [-0.39, 0.29) is 24.2 Å². The number of nitrogens with two attached hydrogens (primary N) is 1. The van der Waals surface area contributed by atoms with E-state index >= 15 is 0 Å². The van der Waals surface area contributed by atoms with Crippen molar-refractivity contribution >= 4 is 11.7 Å². The summed E-state index contributed by atoms with van der Waals surface area (Å²) in [6.45, 7) is 2.10. The van der Waals surface area contributed by atoms with E-state index in [1.807, 2.05) is 0 Å². The second-order valence-corrected chi connectivity index (χ2v) is 5.73. The summed E-state index contributed by atoms with van der Waals surface area (Å²) in [5.41, 5.74) is 5.94. The highest BCUT2D eigenvalue weighted by Gasteiger charge is 2.31. The van der Waals surface area contributed by atoms with E-state index in [1.165, 1.54) is 18.2 Å². The molecular weight excluding hydrogens is 271 g/mol. The molecule has 21 heavy (non-hydrogen) atoms. The van der Waals surface area contributed by atoms with Gasteiger partial charge in [-0.25, -0.2) is 4.39 Å². The van der Waals surface area contributed by atoms with Gasteiger partial charge in [0.15, 0.2) is 5.78 Å². The molecule has 2 atom stereocenters. The number of hydrogen-bond donors (Lipinski definition) is 2. The van der Waals surface area contributed by atoms with Crippen molar-refractivity contribution in [2.45, 2.75) is 32.2 Å². The van der Waals surface area contributed by atoms with Crippen LogP contribution in [-0.2, 0) is 4.79 Å². The zero-order valence-electron chi connectivity index (χ0n) is 12.1. The van der Waals surface area contributed by atoms with Crippen molar-refractivity contribution in [2.75, 3.05) is 6.54 Å². The molecule has 1 aromatic rings. The molecule has 0 heterocycles. The van der Waals surface area contributed by atoms with E-state index in [4.69, 9.17) is 5.73 Å². The minimum absolute atomic E-state index is 0.00831. The second-order valence-electron chi connectivity index (χ2n) is 5.73. The summed E-state index contributed by atoms with van der Waals surface area (Å²) in [7, 11) is 0. The Morgan fingerprint density at radius 1 is 1.43 bits per heavy atom. The summed E-state index contributed by atoms with van der Waals surface area (Å²) in [6, 6.07) is 5.55. The quantitative estimate of drug-likeness (QED) is 0.754. The fourth-order valence-electron chi connectivity index (χ4n) is 2.43. The maximum Gasteiger partial charge on any atom is 0.220 e. The Kier molecular flexibility index (Phi) is 5.07. The number of benzene rings is 1. The standard InChI is InChI=1S/C16H21FN2O2/c1-10(16(21)12-3-2-4-13(17)8-12)7-15(20)19-14(9-18)11-5-6-11/h2-4,8,10-11,14H,5-7,9,18H2,1H3,(H,19,20). The lowest BCUT2D eigenvalue weighted by Crippen LogP contribution is -2.42. The lowest BCUT2D eigenvalue weighted by atomic mass is 9.96. The predicted molar refractivity (Wildman–Crippen MR) is 78.2 cm³/mol. The molecule has 2 unspecified atom stereocenters. The first-order valence-corrected chi connectivity index (χ1v) is 7.30. The lowest BCUT2D eigenvalue weighted by molar-refractivity contribution is -0.122. The Labute approximate surface area is 123 Å². The van der Waals surface area contributed by atoms with E-state index in [9.17, 15) is 14.0 Å². The van der Waals surface area contributed by atoms with Gasteiger partial charge in [-0.05, 0) is 30.9 Å². The van der Waals surface area contributed by atoms with Crippen molar-refractivity contribution in [2.24, 2.45) is 17.6 Å². The topological polar surface area (TPSA) is 72.2 Å². The molecule has 1 fully saturated rings. The molecule has 1 saturated carbocycles. The zero-order chi connectivity index (χ0) is 15.4. The number of rotatable bonds is 7. The van der Waals surface area contributed by atoms with Gasteiger partial charge in [-0.2, -0.15) is 0 Å². The SMILES string of the molecule is CC(CC(=O)NC(CN)C1CC1)C(=O)c1cccc(F)c1. The van der Waals surface area contributed by atoms with Gasteiger partial charge < -0.3 is 11.1 Å². The average Bonchev–Trinajstić information content (AvgIpc) is 3.28. The minimum Gasteiger partial charge on any atom is -0.352 e. The van der Waals surface area contributed by atoms with Gasteiger partial charge in [0.05, 0.1) is 0 Å². The molecule has 1 amide bonds. The van der Waals surface area contributed by atoms with Gasteiger partial charge in [-0.3, -0.25) is 9.59 Å². The second kappa shape index (κ2) is 6.80. The van der Waals surface area contributed by atoms with Gasteiger partial charge in [0.25, 0.3) is 0 Å². The molecule has 0 spiro atoms. The van der Waals surface area contributed by atoms with E-state index in [0.29, 0.717) is 18.0 Å². The highest BCUT2D eigenvalue weighted by Crippen LogP contribution is 2.32. The Morgan fingerprint density at radius 2 is 2.14 bits per heavy atom. The Balaban J connectivity index is 1.89. The molecule has 0 aliphatic heterocycles. The molecular formula is C16H21FN2O2. The summed E-state index contributed by atoms with van der Waals surface area (Å²) in [6.07, 6.45) is 2.29. The van der Waals surface area contributed by atoms with Crippen LogP contribution >= 0.6 is 0 Å². The van der Waals surface area contributed by atoms with E-state index < -0.39 is 11.7 Å². The number of carbonyl (C=O) groups excluding carboxylic acids is 2. The van der Waals surface area contributed by atoms with Crippen molar-refractivity contribution in [3.05, 3.63) is 35.6 Å². The molecule has 4 nitrogen and oxygen atoms in total. The molecule has 0 aromatic heterocycles. The first kappa shape index (κ1) is 15.6. The molecule has 1 aliphatic carbocycles. The third-order valence-electron chi connectivity index (χ3n) is 3.84. The van der Waals surface area contributed by atoms with Crippen LogP contribution in [0.1, 0.15) is 36.5 Å². The zero-order valence-corrected chi connectivity index (χ0v) is 12.1. The number of hydrogen-bond acceptors (Lipinski definition) is 3. The Hall–Kier alpha value is -1.75. The predicted octanol–water partition coefficient (Wildman–Crippen LogP) is 1.89. The maximum atomic E-state index is 13.1. The van der Waals surface area contributed by atoms with Crippen LogP contribution in [0.4, 0.5) is 4.39 Å². The van der Waals surface area contributed by atoms with Crippen molar-refractivity contribution in [1.29, 1.82) is 0 Å². The van der Waals surface area contributed by atoms with Crippen LogP contribution in [-0.4, -0.2) is 24.3 Å². The van der Waals surface area contributed by atoms with Crippen LogP contribution in [0.25, 0.3) is 0 Å². The van der Waals surface area contributed by atoms with Crippen molar-refractivity contribution in [1.82, 2.24) is 5.32 Å². The van der Waals surface area contributed by atoms with Crippen molar-refractivity contribution in [3.63, 3.8) is 0 Å². The summed E-state index contributed by atoms with van der Waals surface area (Å²) in [5.74, 6) is -0.845. The third kappa shape index (κ3) is 4.36. The first-order chi connectivity index (χ1) is 10.0. The fraction of sp³-hybridized carbons (Fsp3) is 0.500. The summed E-state index contributed by atoms with van der Waals surface area (Å²) in [4.78, 5) is 24.1. The highest BCUT2D eigenvalue weighted by atomic mass is 19.1. The number of nitrogens with one attached hydrogen (secondary N) is 1. The van der Waals surface area contributed by atoms with Crippen LogP contribution < -0.4 is 11.1 Å². The minimum atomic E-state index is -0.482. The fourth-order valence-corrected chi connectivity index (χ4v) is 2.43. The van der Waals surface area contributed by atoms with Crippen molar-refractivity contribution < 1.29 is 14.0 Å². The van der Waals surface area contributed by atoms with Gasteiger partial charge in [-0.15, -0.1) is 0 Å². The van der Waals surface area contributed by atoms with Gasteiger partial charge in [0.2, 0.25) is 5.91 Å². The van der Waals surface area contributed by atoms with Crippen LogP contribution in [0, 0.1) is 17.7 Å². The Morgan fingerprint density at radius 3 is 2.71 bits per heavy atom. The monoisotopic (exact) mass is 292 g/mol. The molecule has 3 N–H and O–H groups in total. The number of carbonyl (C=O) groups is 2. The van der Waals surface area contributed by atoms with Gasteiger partial charge in [0.1, 0.15) is 5.82 Å². The van der Waals surface area contributed by atoms with E-state index in [0.717, 1.165) is 12.8 Å². The molecule has 1 aliphatic rings. The number of Topliss-reactive ketones (excluding diaryl/α,β-unsaturated/α-hetero) is 1. The van der Waals surface area contributed by atoms with Gasteiger partial charge in [-0.1, -0.05) is 19.1 Å². The van der Waals surface area contributed by atoms with Gasteiger partial charge in [0, 0.05) is 30.5 Å². The largest absolute Gasteiger partial charge is 0.352 e. The lowest BCUT2D eigenvalue weighted by Gasteiger charge is -2.17. The maximum absolute atomic E-state index is 13.1. The van der Waals surface area contributed by atoms with Crippen LogP contribution in [0.2, 0.25) is 0 Å². The number of amides is 1. The molecule has 2 rings (SSSR count). The molecule has 0 bridgehead atoms. The smallest absolute Gasteiger partial charge is 0.220 e. The molecule has 114 valence electrons.